The summed E-state index contributed by atoms with van der Waals surface area (Å²) in [5.41, 5.74) is -0.0899. The molecule has 0 saturated carbocycles. The van der Waals surface area contributed by atoms with Crippen LogP contribution < -0.4 is 5.32 Å². The number of hydrogen-bond acceptors (Lipinski definition) is 4. The van der Waals surface area contributed by atoms with Crippen LogP contribution >= 0.6 is 11.5 Å². The van der Waals surface area contributed by atoms with Gasteiger partial charge in [-0.2, -0.15) is 17.5 Å². The molecule has 1 aromatic heterocycles. The van der Waals surface area contributed by atoms with E-state index >= 15 is 0 Å². The molecule has 1 N–H and O–H groups in total. The van der Waals surface area contributed by atoms with Gasteiger partial charge in [0.2, 0.25) is 5.13 Å². The Kier molecular flexibility index (Phi) is 3.51. The lowest BCUT2D eigenvalue weighted by Crippen LogP contribution is -2.06. The highest BCUT2D eigenvalue weighted by molar-refractivity contribution is 7.09. The summed E-state index contributed by atoms with van der Waals surface area (Å²) in [7, 11) is 0. The molecule has 0 unspecified atom stereocenters. The number of alkyl halides is 3. The molecule has 2 rings (SSSR count). The van der Waals surface area contributed by atoms with Crippen LogP contribution in [0.3, 0.4) is 0 Å². The Hall–Kier alpha value is -1.63. The highest BCUT2D eigenvalue weighted by Gasteiger charge is 2.30. The molecule has 0 aliphatic heterocycles. The summed E-state index contributed by atoms with van der Waals surface area (Å²) in [6, 6.07) is 5.21. The molecule has 0 aliphatic rings. The van der Waals surface area contributed by atoms with E-state index in [9.17, 15) is 13.2 Å². The van der Waals surface area contributed by atoms with Crippen molar-refractivity contribution < 1.29 is 13.2 Å². The Bertz CT molecular complexity index is 536. The third kappa shape index (κ3) is 3.19. The van der Waals surface area contributed by atoms with Gasteiger partial charge in [0.05, 0.1) is 5.56 Å². The van der Waals surface area contributed by atoms with Gasteiger partial charge in [-0.15, -0.1) is 0 Å². The molecule has 0 saturated heterocycles. The summed E-state index contributed by atoms with van der Waals surface area (Å²) in [5, 5.41) is 3.54. The number of rotatable bonds is 3. The average molecular weight is 273 g/mol. The number of nitrogens with zero attached hydrogens (tertiary/aromatic N) is 2. The van der Waals surface area contributed by atoms with Gasteiger partial charge < -0.3 is 5.32 Å². The van der Waals surface area contributed by atoms with E-state index in [0.717, 1.165) is 12.1 Å². The first-order chi connectivity index (χ1) is 8.45. The lowest BCUT2D eigenvalue weighted by atomic mass is 10.1. The summed E-state index contributed by atoms with van der Waals surface area (Å²) >= 11 is 1.18. The standard InChI is InChI=1S/C11H10F3N3S/c1-7-16-10(18-17-7)15-6-8-3-2-4-9(5-8)11(12,13)14/h2-5H,6H2,1H3,(H,15,16,17). The summed E-state index contributed by atoms with van der Waals surface area (Å²) in [4.78, 5) is 4.07. The van der Waals surface area contributed by atoms with Gasteiger partial charge in [-0.3, -0.25) is 0 Å². The van der Waals surface area contributed by atoms with Gasteiger partial charge in [-0.05, 0) is 24.6 Å². The molecule has 2 aromatic rings. The summed E-state index contributed by atoms with van der Waals surface area (Å²) in [6.07, 6.45) is -4.31. The molecule has 1 heterocycles. The second-order valence-electron chi connectivity index (χ2n) is 3.70. The van der Waals surface area contributed by atoms with E-state index < -0.39 is 11.7 Å². The van der Waals surface area contributed by atoms with Crippen molar-refractivity contribution in [2.24, 2.45) is 0 Å². The first-order valence-electron chi connectivity index (χ1n) is 5.15. The number of benzene rings is 1. The van der Waals surface area contributed by atoms with Gasteiger partial charge >= 0.3 is 6.18 Å². The normalized spacial score (nSPS) is 11.6. The zero-order valence-electron chi connectivity index (χ0n) is 9.45. The minimum atomic E-state index is -4.31. The van der Waals surface area contributed by atoms with Crippen molar-refractivity contribution in [1.29, 1.82) is 0 Å². The van der Waals surface area contributed by atoms with Crippen LogP contribution in [0.15, 0.2) is 24.3 Å². The largest absolute Gasteiger partial charge is 0.416 e. The number of hydrogen-bond donors (Lipinski definition) is 1. The van der Waals surface area contributed by atoms with E-state index in [0.29, 0.717) is 23.1 Å². The molecule has 7 heteroatoms. The van der Waals surface area contributed by atoms with Crippen molar-refractivity contribution in [3.63, 3.8) is 0 Å². The Balaban J connectivity index is 2.06. The predicted molar refractivity (Wildman–Crippen MR) is 63.4 cm³/mol. The topological polar surface area (TPSA) is 37.8 Å². The Morgan fingerprint density at radius 1 is 1.33 bits per heavy atom. The molecule has 0 spiro atoms. The van der Waals surface area contributed by atoms with Crippen molar-refractivity contribution in [3.05, 3.63) is 41.2 Å². The molecule has 0 aliphatic carbocycles. The highest BCUT2D eigenvalue weighted by Crippen LogP contribution is 2.29. The lowest BCUT2D eigenvalue weighted by Gasteiger charge is -2.08. The third-order valence-corrected chi connectivity index (χ3v) is 2.99. The van der Waals surface area contributed by atoms with Crippen molar-refractivity contribution in [2.75, 3.05) is 5.32 Å². The number of anilines is 1. The fourth-order valence-electron chi connectivity index (χ4n) is 1.40. The maximum Gasteiger partial charge on any atom is 0.416 e. The Labute approximate surface area is 106 Å². The Morgan fingerprint density at radius 3 is 2.72 bits per heavy atom. The van der Waals surface area contributed by atoms with Crippen LogP contribution in [0.1, 0.15) is 17.0 Å². The van der Waals surface area contributed by atoms with Crippen LogP contribution in [0.25, 0.3) is 0 Å². The predicted octanol–water partition coefficient (Wildman–Crippen LogP) is 3.48. The smallest absolute Gasteiger partial charge is 0.356 e. The number of aromatic nitrogens is 2. The first-order valence-corrected chi connectivity index (χ1v) is 5.93. The third-order valence-electron chi connectivity index (χ3n) is 2.23. The molecule has 3 nitrogen and oxygen atoms in total. The van der Waals surface area contributed by atoms with Gasteiger partial charge in [0.1, 0.15) is 5.82 Å². The molecule has 0 amide bonds. The van der Waals surface area contributed by atoms with Gasteiger partial charge in [-0.25, -0.2) is 4.98 Å². The van der Waals surface area contributed by atoms with Crippen LogP contribution in [0, 0.1) is 6.92 Å². The molecule has 0 bridgehead atoms. The fourth-order valence-corrected chi connectivity index (χ4v) is 1.97. The van der Waals surface area contributed by atoms with E-state index in [1.807, 2.05) is 0 Å². The molecule has 0 atom stereocenters. The maximum atomic E-state index is 12.5. The van der Waals surface area contributed by atoms with Crippen LogP contribution in [0.5, 0.6) is 0 Å². The quantitative estimate of drug-likeness (QED) is 0.930. The van der Waals surface area contributed by atoms with E-state index in [1.165, 1.54) is 17.6 Å². The lowest BCUT2D eigenvalue weighted by molar-refractivity contribution is -0.137. The number of aryl methyl sites for hydroxylation is 1. The summed E-state index contributed by atoms with van der Waals surface area (Å²) in [5.74, 6) is 0.645. The number of nitrogens with one attached hydrogen (secondary N) is 1. The molecule has 0 radical (unpaired) electrons. The molecular formula is C11H10F3N3S. The fraction of sp³-hybridized carbons (Fsp3) is 0.273. The van der Waals surface area contributed by atoms with Crippen LogP contribution in [-0.4, -0.2) is 9.36 Å². The average Bonchev–Trinajstić information content (AvgIpc) is 2.72. The van der Waals surface area contributed by atoms with Gasteiger partial charge in [0, 0.05) is 18.1 Å². The second kappa shape index (κ2) is 4.93. The monoisotopic (exact) mass is 273 g/mol. The van der Waals surface area contributed by atoms with Gasteiger partial charge in [0.15, 0.2) is 0 Å². The van der Waals surface area contributed by atoms with E-state index in [4.69, 9.17) is 0 Å². The molecule has 96 valence electrons. The zero-order chi connectivity index (χ0) is 13.2. The first kappa shape index (κ1) is 12.8. The van der Waals surface area contributed by atoms with E-state index in [1.54, 1.807) is 13.0 Å². The summed E-state index contributed by atoms with van der Waals surface area (Å²) in [6.45, 7) is 2.05. The van der Waals surface area contributed by atoms with Crippen LogP contribution in [0.4, 0.5) is 18.3 Å². The van der Waals surface area contributed by atoms with Gasteiger partial charge in [0.25, 0.3) is 0 Å². The molecule has 18 heavy (non-hydrogen) atoms. The van der Waals surface area contributed by atoms with E-state index in [-0.39, 0.29) is 0 Å². The minimum absolute atomic E-state index is 0.290. The molecule has 0 fully saturated rings. The van der Waals surface area contributed by atoms with Crippen molar-refractivity contribution >= 4 is 16.7 Å². The SMILES string of the molecule is Cc1nsc(NCc2cccc(C(F)(F)F)c2)n1. The Morgan fingerprint density at radius 2 is 2.11 bits per heavy atom. The van der Waals surface area contributed by atoms with Crippen LogP contribution in [0.2, 0.25) is 0 Å². The summed E-state index contributed by atoms with van der Waals surface area (Å²) < 4.78 is 41.5. The van der Waals surface area contributed by atoms with Gasteiger partial charge in [-0.1, -0.05) is 12.1 Å². The zero-order valence-corrected chi connectivity index (χ0v) is 10.3. The second-order valence-corrected chi connectivity index (χ2v) is 4.45. The van der Waals surface area contributed by atoms with Crippen LogP contribution in [-0.2, 0) is 12.7 Å². The highest BCUT2D eigenvalue weighted by atomic mass is 32.1. The molecular weight excluding hydrogens is 263 g/mol. The molecule has 1 aromatic carbocycles. The van der Waals surface area contributed by atoms with Crippen molar-refractivity contribution in [1.82, 2.24) is 9.36 Å². The van der Waals surface area contributed by atoms with Crippen molar-refractivity contribution in [3.8, 4) is 0 Å². The van der Waals surface area contributed by atoms with E-state index in [2.05, 4.69) is 14.7 Å². The number of halogens is 3. The minimum Gasteiger partial charge on any atom is -0.356 e. The van der Waals surface area contributed by atoms with Crippen molar-refractivity contribution in [2.45, 2.75) is 19.6 Å². The maximum absolute atomic E-state index is 12.5.